The van der Waals surface area contributed by atoms with Crippen LogP contribution in [-0.2, 0) is 6.42 Å². The van der Waals surface area contributed by atoms with Crippen LogP contribution in [-0.4, -0.2) is 17.2 Å². The van der Waals surface area contributed by atoms with E-state index in [9.17, 15) is 4.39 Å². The van der Waals surface area contributed by atoms with Crippen LogP contribution in [0.15, 0.2) is 18.5 Å². The maximum atomic E-state index is 14.4. The molecule has 2 rings (SSSR count). The third kappa shape index (κ3) is 2.29. The topological polar surface area (TPSA) is 38.9 Å². The fraction of sp³-hybridized carbons (Fsp3) is 0.545. The number of hydrogen-bond donors (Lipinski definition) is 1. The largest absolute Gasteiger partial charge is 0.328 e. The third-order valence-corrected chi connectivity index (χ3v) is 3.33. The highest BCUT2D eigenvalue weighted by Gasteiger charge is 2.44. The van der Waals surface area contributed by atoms with Crippen molar-refractivity contribution in [3.8, 4) is 0 Å². The lowest BCUT2D eigenvalue weighted by Crippen LogP contribution is -2.37. The summed E-state index contributed by atoms with van der Waals surface area (Å²) in [4.78, 5) is 3.88. The standard InChI is InChI=1S/C11H14ClFN2/c12-10-6-15-4-3-8(10)5-11(13,7-14)9-1-2-9/h3-4,6,9H,1-2,5,7,14H2. The quantitative estimate of drug-likeness (QED) is 0.859. The number of pyridine rings is 1. The Labute approximate surface area is 93.6 Å². The zero-order valence-corrected chi connectivity index (χ0v) is 9.17. The molecule has 0 bridgehead atoms. The van der Waals surface area contributed by atoms with E-state index >= 15 is 0 Å². The number of alkyl halides is 1. The van der Waals surface area contributed by atoms with Gasteiger partial charge in [0.15, 0.2) is 0 Å². The van der Waals surface area contributed by atoms with Gasteiger partial charge in [0.1, 0.15) is 5.67 Å². The molecule has 0 aliphatic heterocycles. The first-order chi connectivity index (χ1) is 7.15. The van der Waals surface area contributed by atoms with Gasteiger partial charge in [0.05, 0.1) is 5.02 Å². The van der Waals surface area contributed by atoms with Crippen LogP contribution < -0.4 is 5.73 Å². The molecule has 2 N–H and O–H groups in total. The first-order valence-corrected chi connectivity index (χ1v) is 5.51. The molecule has 82 valence electrons. The van der Waals surface area contributed by atoms with E-state index in [-0.39, 0.29) is 12.5 Å². The minimum atomic E-state index is -1.29. The number of hydrogen-bond acceptors (Lipinski definition) is 2. The van der Waals surface area contributed by atoms with Gasteiger partial charge in [0.25, 0.3) is 0 Å². The van der Waals surface area contributed by atoms with Gasteiger partial charge in [-0.05, 0) is 30.4 Å². The highest BCUT2D eigenvalue weighted by Crippen LogP contribution is 2.44. The van der Waals surface area contributed by atoms with E-state index in [4.69, 9.17) is 17.3 Å². The predicted molar refractivity (Wildman–Crippen MR) is 58.6 cm³/mol. The summed E-state index contributed by atoms with van der Waals surface area (Å²) >= 11 is 5.94. The Bertz CT molecular complexity index is 354. The van der Waals surface area contributed by atoms with Gasteiger partial charge in [-0.3, -0.25) is 4.98 Å². The van der Waals surface area contributed by atoms with Crippen molar-refractivity contribution >= 4 is 11.6 Å². The minimum absolute atomic E-state index is 0.0658. The monoisotopic (exact) mass is 228 g/mol. The lowest BCUT2D eigenvalue weighted by atomic mass is 9.92. The maximum Gasteiger partial charge on any atom is 0.130 e. The molecule has 0 radical (unpaired) electrons. The van der Waals surface area contributed by atoms with Crippen molar-refractivity contribution in [1.82, 2.24) is 4.98 Å². The van der Waals surface area contributed by atoms with Crippen molar-refractivity contribution in [3.63, 3.8) is 0 Å². The number of nitrogens with two attached hydrogens (primary N) is 1. The van der Waals surface area contributed by atoms with E-state index in [1.165, 1.54) is 0 Å². The summed E-state index contributed by atoms with van der Waals surface area (Å²) in [7, 11) is 0. The second-order valence-electron chi connectivity index (χ2n) is 4.16. The number of halogens is 2. The van der Waals surface area contributed by atoms with E-state index in [1.54, 1.807) is 18.5 Å². The predicted octanol–water partition coefficient (Wildman–Crippen LogP) is 2.35. The Balaban J connectivity index is 2.16. The molecule has 1 saturated carbocycles. The van der Waals surface area contributed by atoms with Crippen molar-refractivity contribution < 1.29 is 4.39 Å². The first-order valence-electron chi connectivity index (χ1n) is 5.13. The summed E-state index contributed by atoms with van der Waals surface area (Å²) < 4.78 is 14.4. The van der Waals surface area contributed by atoms with Crippen LogP contribution in [0.4, 0.5) is 4.39 Å². The molecule has 15 heavy (non-hydrogen) atoms. The molecule has 0 spiro atoms. The highest BCUT2D eigenvalue weighted by atomic mass is 35.5. The molecule has 1 aliphatic rings. The van der Waals surface area contributed by atoms with Gasteiger partial charge < -0.3 is 5.73 Å². The van der Waals surface area contributed by atoms with Gasteiger partial charge in [-0.2, -0.15) is 0 Å². The Morgan fingerprint density at radius 2 is 2.33 bits per heavy atom. The zero-order valence-electron chi connectivity index (χ0n) is 8.42. The molecule has 0 aromatic carbocycles. The summed E-state index contributed by atoms with van der Waals surface area (Å²) in [6.07, 6.45) is 5.36. The average molecular weight is 229 g/mol. The Hall–Kier alpha value is -0.670. The minimum Gasteiger partial charge on any atom is -0.328 e. The molecule has 4 heteroatoms. The number of nitrogens with zero attached hydrogens (tertiary/aromatic N) is 1. The Morgan fingerprint density at radius 3 is 2.87 bits per heavy atom. The van der Waals surface area contributed by atoms with E-state index < -0.39 is 5.67 Å². The maximum absolute atomic E-state index is 14.4. The van der Waals surface area contributed by atoms with Gasteiger partial charge in [-0.25, -0.2) is 4.39 Å². The van der Waals surface area contributed by atoms with Crippen molar-refractivity contribution in [2.75, 3.05) is 6.54 Å². The molecular formula is C11H14ClFN2. The van der Waals surface area contributed by atoms with Crippen molar-refractivity contribution in [3.05, 3.63) is 29.0 Å². The van der Waals surface area contributed by atoms with Gasteiger partial charge in [0.2, 0.25) is 0 Å². The average Bonchev–Trinajstić information content (AvgIpc) is 3.05. The normalized spacial score (nSPS) is 19.9. The fourth-order valence-electron chi connectivity index (χ4n) is 1.85. The van der Waals surface area contributed by atoms with Crippen LogP contribution in [0.2, 0.25) is 5.02 Å². The number of aromatic nitrogens is 1. The second-order valence-corrected chi connectivity index (χ2v) is 4.56. The van der Waals surface area contributed by atoms with Crippen LogP contribution in [0, 0.1) is 5.92 Å². The van der Waals surface area contributed by atoms with Crippen molar-refractivity contribution in [2.24, 2.45) is 11.7 Å². The molecule has 0 amide bonds. The molecular weight excluding hydrogens is 215 g/mol. The first kappa shape index (κ1) is 10.8. The van der Waals surface area contributed by atoms with Crippen LogP contribution >= 0.6 is 11.6 Å². The summed E-state index contributed by atoms with van der Waals surface area (Å²) in [5.41, 5.74) is 5.02. The number of rotatable bonds is 4. The highest BCUT2D eigenvalue weighted by molar-refractivity contribution is 6.31. The Kier molecular flexibility index (Phi) is 2.94. The fourth-order valence-corrected chi connectivity index (χ4v) is 2.03. The SMILES string of the molecule is NCC(F)(Cc1ccncc1Cl)C1CC1. The summed E-state index contributed by atoms with van der Waals surface area (Å²) in [5.74, 6) is 0.117. The zero-order chi connectivity index (χ0) is 10.9. The lowest BCUT2D eigenvalue weighted by Gasteiger charge is -2.23. The molecule has 2 nitrogen and oxygen atoms in total. The molecule has 1 unspecified atom stereocenters. The van der Waals surface area contributed by atoms with Crippen molar-refractivity contribution in [2.45, 2.75) is 24.9 Å². The van der Waals surface area contributed by atoms with Crippen LogP contribution in [0.1, 0.15) is 18.4 Å². The lowest BCUT2D eigenvalue weighted by molar-refractivity contribution is 0.142. The molecule has 1 aromatic heterocycles. The van der Waals surface area contributed by atoms with Crippen LogP contribution in [0.5, 0.6) is 0 Å². The molecule has 1 fully saturated rings. The molecule has 1 aliphatic carbocycles. The second kappa shape index (κ2) is 4.06. The van der Waals surface area contributed by atoms with Crippen LogP contribution in [0.3, 0.4) is 0 Å². The van der Waals surface area contributed by atoms with E-state index in [2.05, 4.69) is 4.98 Å². The smallest absolute Gasteiger partial charge is 0.130 e. The summed E-state index contributed by atoms with van der Waals surface area (Å²) in [5, 5.41) is 0.522. The third-order valence-electron chi connectivity index (χ3n) is 2.99. The van der Waals surface area contributed by atoms with Gasteiger partial charge in [-0.1, -0.05) is 11.6 Å². The van der Waals surface area contributed by atoms with Crippen molar-refractivity contribution in [1.29, 1.82) is 0 Å². The molecule has 1 aromatic rings. The van der Waals surface area contributed by atoms with E-state index in [0.717, 1.165) is 18.4 Å². The van der Waals surface area contributed by atoms with E-state index in [0.29, 0.717) is 11.4 Å². The molecule has 1 atom stereocenters. The Morgan fingerprint density at radius 1 is 1.60 bits per heavy atom. The van der Waals surface area contributed by atoms with Gasteiger partial charge in [0, 0.05) is 25.4 Å². The summed E-state index contributed by atoms with van der Waals surface area (Å²) in [6.45, 7) is 0.0658. The summed E-state index contributed by atoms with van der Waals surface area (Å²) in [6, 6.07) is 1.76. The van der Waals surface area contributed by atoms with Crippen LogP contribution in [0.25, 0.3) is 0 Å². The van der Waals surface area contributed by atoms with Gasteiger partial charge in [-0.15, -0.1) is 0 Å². The molecule has 1 heterocycles. The van der Waals surface area contributed by atoms with E-state index in [1.807, 2.05) is 0 Å². The van der Waals surface area contributed by atoms with Gasteiger partial charge >= 0.3 is 0 Å². The molecule has 0 saturated heterocycles.